The van der Waals surface area contributed by atoms with Crippen molar-refractivity contribution < 1.29 is 22.7 Å². The van der Waals surface area contributed by atoms with Gasteiger partial charge in [-0.1, -0.05) is 6.07 Å². The molecular weight excluding hydrogens is 273 g/mol. The molecule has 1 rings (SSSR count). The minimum atomic E-state index is -4.59. The van der Waals surface area contributed by atoms with Gasteiger partial charge in [-0.25, -0.2) is 0 Å². The molecule has 0 aliphatic heterocycles. The fourth-order valence-corrected chi connectivity index (χ4v) is 1.47. The van der Waals surface area contributed by atoms with Crippen molar-refractivity contribution in [3.63, 3.8) is 0 Å². The van der Waals surface area contributed by atoms with E-state index in [9.17, 15) is 18.0 Å². The smallest absolute Gasteiger partial charge is 0.398 e. The highest BCUT2D eigenvalue weighted by molar-refractivity contribution is 5.99. The van der Waals surface area contributed by atoms with Gasteiger partial charge in [-0.3, -0.25) is 4.79 Å². The molecule has 0 aromatic heterocycles. The number of anilines is 1. The van der Waals surface area contributed by atoms with E-state index in [1.54, 1.807) is 13.8 Å². The summed E-state index contributed by atoms with van der Waals surface area (Å²) in [5, 5.41) is 2.50. The maximum atomic E-state index is 12.7. The van der Waals surface area contributed by atoms with Gasteiger partial charge >= 0.3 is 6.18 Å². The maximum absolute atomic E-state index is 12.7. The highest BCUT2D eigenvalue weighted by atomic mass is 19.4. The number of nitrogens with two attached hydrogens (primary N) is 1. The number of amides is 1. The van der Waals surface area contributed by atoms with Gasteiger partial charge in [-0.15, -0.1) is 0 Å². The Morgan fingerprint density at radius 2 is 1.95 bits per heavy atom. The first kappa shape index (κ1) is 16.3. The summed E-state index contributed by atoms with van der Waals surface area (Å²) in [6.07, 6.45) is -4.59. The molecule has 0 fully saturated rings. The molecule has 0 unspecified atom stereocenters. The average Bonchev–Trinajstić information content (AvgIpc) is 2.35. The van der Waals surface area contributed by atoms with Gasteiger partial charge in [0.15, 0.2) is 0 Å². The molecule has 0 aliphatic rings. The van der Waals surface area contributed by atoms with Gasteiger partial charge in [-0.2, -0.15) is 13.2 Å². The SMILES string of the molecule is COC(C)(C)CNC(=O)c1cccc(C(F)(F)F)c1N. The molecule has 3 N–H and O–H groups in total. The van der Waals surface area contributed by atoms with E-state index in [0.717, 1.165) is 12.1 Å². The number of ether oxygens (including phenoxy) is 1. The van der Waals surface area contributed by atoms with Crippen LogP contribution >= 0.6 is 0 Å². The summed E-state index contributed by atoms with van der Waals surface area (Å²) in [5.41, 5.74) is 3.02. The molecular formula is C13H17F3N2O2. The lowest BCUT2D eigenvalue weighted by atomic mass is 10.1. The van der Waals surface area contributed by atoms with Crippen molar-refractivity contribution in [3.05, 3.63) is 29.3 Å². The number of benzene rings is 1. The summed E-state index contributed by atoms with van der Waals surface area (Å²) >= 11 is 0. The first-order valence-corrected chi connectivity index (χ1v) is 5.87. The Morgan fingerprint density at radius 3 is 2.45 bits per heavy atom. The van der Waals surface area contributed by atoms with Crippen molar-refractivity contribution in [3.8, 4) is 0 Å². The normalized spacial score (nSPS) is 12.3. The van der Waals surface area contributed by atoms with Crippen molar-refractivity contribution in [2.75, 3.05) is 19.4 Å². The van der Waals surface area contributed by atoms with Crippen LogP contribution in [0.2, 0.25) is 0 Å². The number of alkyl halides is 3. The molecule has 0 bridgehead atoms. The second-order valence-electron chi connectivity index (χ2n) is 4.91. The molecule has 1 aromatic carbocycles. The molecule has 0 spiro atoms. The van der Waals surface area contributed by atoms with Crippen molar-refractivity contribution in [2.24, 2.45) is 0 Å². The molecule has 0 saturated heterocycles. The Kier molecular flexibility index (Phi) is 4.65. The topological polar surface area (TPSA) is 64.3 Å². The summed E-state index contributed by atoms with van der Waals surface area (Å²) in [6.45, 7) is 3.63. The zero-order valence-corrected chi connectivity index (χ0v) is 11.5. The quantitative estimate of drug-likeness (QED) is 0.837. The molecule has 0 atom stereocenters. The molecule has 112 valence electrons. The highest BCUT2D eigenvalue weighted by Crippen LogP contribution is 2.34. The van der Waals surface area contributed by atoms with Crippen LogP contribution < -0.4 is 11.1 Å². The van der Waals surface area contributed by atoms with Crippen molar-refractivity contribution >= 4 is 11.6 Å². The van der Waals surface area contributed by atoms with E-state index in [1.807, 2.05) is 0 Å². The second-order valence-corrected chi connectivity index (χ2v) is 4.91. The van der Waals surface area contributed by atoms with Crippen LogP contribution in [0.5, 0.6) is 0 Å². The van der Waals surface area contributed by atoms with Crippen LogP contribution in [0, 0.1) is 0 Å². The number of para-hydroxylation sites is 1. The van der Waals surface area contributed by atoms with Crippen LogP contribution in [0.15, 0.2) is 18.2 Å². The van der Waals surface area contributed by atoms with Crippen LogP contribution in [-0.2, 0) is 10.9 Å². The number of methoxy groups -OCH3 is 1. The fraction of sp³-hybridized carbons (Fsp3) is 0.462. The van der Waals surface area contributed by atoms with E-state index >= 15 is 0 Å². The third-order valence-electron chi connectivity index (χ3n) is 2.88. The van der Waals surface area contributed by atoms with E-state index in [4.69, 9.17) is 10.5 Å². The van der Waals surface area contributed by atoms with E-state index in [1.165, 1.54) is 13.2 Å². The molecule has 20 heavy (non-hydrogen) atoms. The largest absolute Gasteiger partial charge is 0.418 e. The summed E-state index contributed by atoms with van der Waals surface area (Å²) in [4.78, 5) is 11.9. The van der Waals surface area contributed by atoms with Crippen LogP contribution in [0.1, 0.15) is 29.8 Å². The van der Waals surface area contributed by atoms with Gasteiger partial charge in [0.1, 0.15) is 0 Å². The number of rotatable bonds is 4. The Morgan fingerprint density at radius 1 is 1.35 bits per heavy atom. The second kappa shape index (κ2) is 5.70. The van der Waals surface area contributed by atoms with Crippen LogP contribution in [-0.4, -0.2) is 25.2 Å². The van der Waals surface area contributed by atoms with E-state index in [2.05, 4.69) is 5.32 Å². The Bertz CT molecular complexity index is 499. The molecule has 7 heteroatoms. The molecule has 0 heterocycles. The van der Waals surface area contributed by atoms with Gasteiger partial charge in [0, 0.05) is 13.7 Å². The lowest BCUT2D eigenvalue weighted by molar-refractivity contribution is -0.136. The molecule has 4 nitrogen and oxygen atoms in total. The first-order valence-electron chi connectivity index (χ1n) is 5.87. The third-order valence-corrected chi connectivity index (χ3v) is 2.88. The Labute approximate surface area is 115 Å². The lowest BCUT2D eigenvalue weighted by Gasteiger charge is -2.23. The minimum Gasteiger partial charge on any atom is -0.398 e. The molecule has 0 aliphatic carbocycles. The van der Waals surface area contributed by atoms with Crippen LogP contribution in [0.3, 0.4) is 0 Å². The summed E-state index contributed by atoms with van der Waals surface area (Å²) < 4.78 is 43.2. The summed E-state index contributed by atoms with van der Waals surface area (Å²) in [7, 11) is 1.48. The van der Waals surface area contributed by atoms with Gasteiger partial charge in [0.25, 0.3) is 5.91 Å². The Hall–Kier alpha value is -1.76. The number of nitrogen functional groups attached to an aromatic ring is 1. The van der Waals surface area contributed by atoms with E-state index < -0.39 is 28.9 Å². The van der Waals surface area contributed by atoms with Crippen molar-refractivity contribution in [1.29, 1.82) is 0 Å². The van der Waals surface area contributed by atoms with E-state index in [0.29, 0.717) is 0 Å². The predicted molar refractivity (Wildman–Crippen MR) is 69.3 cm³/mol. The number of carbonyl (C=O) groups is 1. The van der Waals surface area contributed by atoms with Crippen molar-refractivity contribution in [1.82, 2.24) is 5.32 Å². The monoisotopic (exact) mass is 290 g/mol. The average molecular weight is 290 g/mol. The van der Waals surface area contributed by atoms with Gasteiger partial charge in [0.2, 0.25) is 0 Å². The lowest BCUT2D eigenvalue weighted by Crippen LogP contribution is -2.40. The number of hydrogen-bond donors (Lipinski definition) is 2. The van der Waals surface area contributed by atoms with Crippen LogP contribution in [0.25, 0.3) is 0 Å². The van der Waals surface area contributed by atoms with Crippen LogP contribution in [0.4, 0.5) is 18.9 Å². The summed E-state index contributed by atoms with van der Waals surface area (Å²) in [5.74, 6) is -0.668. The maximum Gasteiger partial charge on any atom is 0.418 e. The molecule has 0 saturated carbocycles. The standard InChI is InChI=1S/C13H17F3N2O2/c1-12(2,20-3)7-18-11(19)8-5-4-6-9(10(8)17)13(14,15)16/h4-6H,7,17H2,1-3H3,(H,18,19). The molecule has 0 radical (unpaired) electrons. The number of carbonyl (C=O) groups excluding carboxylic acids is 1. The van der Waals surface area contributed by atoms with Crippen molar-refractivity contribution in [2.45, 2.75) is 25.6 Å². The zero-order valence-electron chi connectivity index (χ0n) is 11.5. The van der Waals surface area contributed by atoms with Gasteiger partial charge in [-0.05, 0) is 26.0 Å². The number of nitrogens with one attached hydrogen (secondary N) is 1. The summed E-state index contributed by atoms with van der Waals surface area (Å²) in [6, 6.07) is 3.24. The zero-order chi connectivity index (χ0) is 15.6. The molecule has 1 amide bonds. The number of halogens is 3. The predicted octanol–water partition coefficient (Wildman–Crippen LogP) is 2.44. The third kappa shape index (κ3) is 3.86. The minimum absolute atomic E-state index is 0.151. The van der Waals surface area contributed by atoms with Gasteiger partial charge < -0.3 is 15.8 Å². The van der Waals surface area contributed by atoms with E-state index in [-0.39, 0.29) is 12.1 Å². The molecule has 1 aromatic rings. The highest BCUT2D eigenvalue weighted by Gasteiger charge is 2.34. The first-order chi connectivity index (χ1) is 9.08. The Balaban J connectivity index is 2.95. The fourth-order valence-electron chi connectivity index (χ4n) is 1.47. The number of hydrogen-bond acceptors (Lipinski definition) is 3. The van der Waals surface area contributed by atoms with Gasteiger partial charge in [0.05, 0.1) is 22.4 Å².